The highest BCUT2D eigenvalue weighted by Gasteiger charge is 2.27. The average Bonchev–Trinajstić information content (AvgIpc) is 2.71. The van der Waals surface area contributed by atoms with Gasteiger partial charge in [0, 0.05) is 24.7 Å². The lowest BCUT2D eigenvalue weighted by atomic mass is 10.1. The summed E-state index contributed by atoms with van der Waals surface area (Å²) in [6.45, 7) is 3.18. The molecule has 0 radical (unpaired) electrons. The van der Waals surface area contributed by atoms with Gasteiger partial charge in [-0.2, -0.15) is 0 Å². The Morgan fingerprint density at radius 2 is 2.28 bits per heavy atom. The van der Waals surface area contributed by atoms with Crippen LogP contribution in [0.25, 0.3) is 0 Å². The summed E-state index contributed by atoms with van der Waals surface area (Å²) in [5, 5.41) is 2.99. The van der Waals surface area contributed by atoms with Gasteiger partial charge in [0.05, 0.1) is 0 Å². The normalized spacial score (nSPS) is 14.9. The number of nitrogens with zero attached hydrogens (tertiary/aromatic N) is 1. The second-order valence-electron chi connectivity index (χ2n) is 4.47. The molecule has 0 fully saturated rings. The van der Waals surface area contributed by atoms with Crippen LogP contribution in [0.5, 0.6) is 0 Å². The highest BCUT2D eigenvalue weighted by molar-refractivity contribution is 5.96. The van der Waals surface area contributed by atoms with Crippen LogP contribution >= 0.6 is 12.4 Å². The molecule has 1 heterocycles. The van der Waals surface area contributed by atoms with Crippen molar-refractivity contribution in [1.29, 1.82) is 0 Å². The Balaban J connectivity index is 0.00000162. The van der Waals surface area contributed by atoms with Crippen molar-refractivity contribution >= 4 is 24.0 Å². The summed E-state index contributed by atoms with van der Waals surface area (Å²) in [6, 6.07) is 4.66. The number of hydrogen-bond acceptors (Lipinski definition) is 2. The number of nitrogens with one attached hydrogen (secondary N) is 1. The number of benzene rings is 1. The molecule has 1 atom stereocenters. The molecule has 0 spiro atoms. The minimum Gasteiger partial charge on any atom is -0.319 e. The summed E-state index contributed by atoms with van der Waals surface area (Å²) in [4.78, 5) is 13.9. The summed E-state index contributed by atoms with van der Waals surface area (Å²) >= 11 is 0. The number of fused-ring (bicyclic) bond motifs is 1. The minimum atomic E-state index is -0.287. The zero-order valence-electron chi connectivity index (χ0n) is 10.6. The van der Waals surface area contributed by atoms with Gasteiger partial charge in [-0.15, -0.1) is 12.4 Å². The van der Waals surface area contributed by atoms with E-state index in [0.717, 1.165) is 17.7 Å². The molecule has 0 saturated heterocycles. The third-order valence-electron chi connectivity index (χ3n) is 3.14. The maximum atomic E-state index is 13.2. The molecular weight excluding hydrogens is 255 g/mol. The Bertz CT molecular complexity index is 439. The van der Waals surface area contributed by atoms with E-state index >= 15 is 0 Å². The largest absolute Gasteiger partial charge is 0.319 e. The lowest BCUT2D eigenvalue weighted by Crippen LogP contribution is -2.37. The topological polar surface area (TPSA) is 32.3 Å². The highest BCUT2D eigenvalue weighted by Crippen LogP contribution is 2.29. The predicted octanol–water partition coefficient (Wildman–Crippen LogP) is 1.99. The standard InChI is InChI=1S/C13H17FN2O.ClH/c1-9(8-15-2)13(17)16-6-5-10-3-4-11(14)7-12(10)16;/h3-4,7,9,15H,5-6,8H2,1-2H3;1H. The van der Waals surface area contributed by atoms with Crippen molar-refractivity contribution in [1.82, 2.24) is 5.32 Å². The number of amides is 1. The first-order valence-electron chi connectivity index (χ1n) is 5.88. The van der Waals surface area contributed by atoms with Gasteiger partial charge in [-0.1, -0.05) is 13.0 Å². The summed E-state index contributed by atoms with van der Waals surface area (Å²) < 4.78 is 13.2. The van der Waals surface area contributed by atoms with E-state index in [0.29, 0.717) is 13.1 Å². The first-order valence-corrected chi connectivity index (χ1v) is 5.88. The Labute approximate surface area is 113 Å². The van der Waals surface area contributed by atoms with Crippen LogP contribution < -0.4 is 10.2 Å². The molecule has 3 nitrogen and oxygen atoms in total. The number of carbonyl (C=O) groups is 1. The van der Waals surface area contributed by atoms with E-state index in [1.807, 2.05) is 14.0 Å². The fraction of sp³-hybridized carbons (Fsp3) is 0.462. The summed E-state index contributed by atoms with van der Waals surface area (Å²) in [5.41, 5.74) is 1.79. The van der Waals surface area contributed by atoms with E-state index in [2.05, 4.69) is 5.32 Å². The molecule has 100 valence electrons. The van der Waals surface area contributed by atoms with Crippen LogP contribution in [0.15, 0.2) is 18.2 Å². The van der Waals surface area contributed by atoms with E-state index in [9.17, 15) is 9.18 Å². The van der Waals surface area contributed by atoms with Gasteiger partial charge in [0.25, 0.3) is 0 Å². The van der Waals surface area contributed by atoms with Crippen LogP contribution in [-0.2, 0) is 11.2 Å². The zero-order chi connectivity index (χ0) is 12.4. The fourth-order valence-corrected chi connectivity index (χ4v) is 2.24. The number of anilines is 1. The molecule has 1 amide bonds. The lowest BCUT2D eigenvalue weighted by molar-refractivity contribution is -0.121. The first kappa shape index (κ1) is 14.9. The molecule has 1 N–H and O–H groups in total. The first-order chi connectivity index (χ1) is 8.13. The van der Waals surface area contributed by atoms with Gasteiger partial charge < -0.3 is 10.2 Å². The van der Waals surface area contributed by atoms with Crippen molar-refractivity contribution in [2.24, 2.45) is 5.92 Å². The Kier molecular flexibility index (Phi) is 5.11. The summed E-state index contributed by atoms with van der Waals surface area (Å²) in [5.74, 6) is -0.317. The number of hydrogen-bond donors (Lipinski definition) is 1. The average molecular weight is 273 g/mol. The quantitative estimate of drug-likeness (QED) is 0.913. The van der Waals surface area contributed by atoms with Crippen molar-refractivity contribution in [3.05, 3.63) is 29.6 Å². The molecule has 1 aromatic rings. The Morgan fingerprint density at radius 3 is 2.94 bits per heavy atom. The van der Waals surface area contributed by atoms with Gasteiger partial charge in [0.15, 0.2) is 0 Å². The summed E-state index contributed by atoms with van der Waals surface area (Å²) in [7, 11) is 1.82. The molecule has 0 aliphatic carbocycles. The lowest BCUT2D eigenvalue weighted by Gasteiger charge is -2.21. The predicted molar refractivity (Wildman–Crippen MR) is 72.8 cm³/mol. The Hall–Kier alpha value is -1.13. The van der Waals surface area contributed by atoms with Crippen LogP contribution in [0.2, 0.25) is 0 Å². The van der Waals surface area contributed by atoms with Gasteiger partial charge in [-0.3, -0.25) is 4.79 Å². The van der Waals surface area contributed by atoms with Crippen LogP contribution in [0.4, 0.5) is 10.1 Å². The molecule has 1 aliphatic rings. The minimum absolute atomic E-state index is 0. The molecule has 18 heavy (non-hydrogen) atoms. The Morgan fingerprint density at radius 1 is 1.56 bits per heavy atom. The number of halogens is 2. The van der Waals surface area contributed by atoms with Gasteiger partial charge in [-0.05, 0) is 31.2 Å². The smallest absolute Gasteiger partial charge is 0.231 e. The molecule has 1 aromatic carbocycles. The molecule has 0 saturated carbocycles. The van der Waals surface area contributed by atoms with E-state index in [-0.39, 0.29) is 30.0 Å². The SMILES string of the molecule is CNCC(C)C(=O)N1CCc2ccc(F)cc21.Cl. The zero-order valence-corrected chi connectivity index (χ0v) is 11.4. The van der Waals surface area contributed by atoms with Crippen molar-refractivity contribution in [3.8, 4) is 0 Å². The van der Waals surface area contributed by atoms with Crippen LogP contribution in [0.1, 0.15) is 12.5 Å². The summed E-state index contributed by atoms with van der Waals surface area (Å²) in [6.07, 6.45) is 0.813. The number of rotatable bonds is 3. The van der Waals surface area contributed by atoms with Gasteiger partial charge in [0.1, 0.15) is 5.82 Å². The number of carbonyl (C=O) groups excluding carboxylic acids is 1. The van der Waals surface area contributed by atoms with Crippen molar-refractivity contribution < 1.29 is 9.18 Å². The van der Waals surface area contributed by atoms with Crippen LogP contribution in [0.3, 0.4) is 0 Å². The van der Waals surface area contributed by atoms with E-state index in [1.165, 1.54) is 12.1 Å². The maximum Gasteiger partial charge on any atom is 0.231 e. The molecule has 2 rings (SSSR count). The van der Waals surface area contributed by atoms with Crippen LogP contribution in [0, 0.1) is 11.7 Å². The van der Waals surface area contributed by atoms with Crippen LogP contribution in [-0.4, -0.2) is 26.0 Å². The van der Waals surface area contributed by atoms with E-state index < -0.39 is 0 Å². The second kappa shape index (κ2) is 6.16. The van der Waals surface area contributed by atoms with Crippen molar-refractivity contribution in [3.63, 3.8) is 0 Å². The van der Waals surface area contributed by atoms with Crippen molar-refractivity contribution in [2.45, 2.75) is 13.3 Å². The molecule has 0 aromatic heterocycles. The molecule has 5 heteroatoms. The van der Waals surface area contributed by atoms with Gasteiger partial charge in [0.2, 0.25) is 5.91 Å². The molecule has 0 bridgehead atoms. The van der Waals surface area contributed by atoms with E-state index in [1.54, 1.807) is 11.0 Å². The highest BCUT2D eigenvalue weighted by atomic mass is 35.5. The second-order valence-corrected chi connectivity index (χ2v) is 4.47. The third kappa shape index (κ3) is 2.82. The molecular formula is C13H18ClFN2O. The van der Waals surface area contributed by atoms with Crippen molar-refractivity contribution in [2.75, 3.05) is 25.0 Å². The monoisotopic (exact) mass is 272 g/mol. The maximum absolute atomic E-state index is 13.2. The molecule has 1 aliphatic heterocycles. The fourth-order valence-electron chi connectivity index (χ4n) is 2.24. The third-order valence-corrected chi connectivity index (χ3v) is 3.14. The van der Waals surface area contributed by atoms with E-state index in [4.69, 9.17) is 0 Å². The van der Waals surface area contributed by atoms with Gasteiger partial charge >= 0.3 is 0 Å². The van der Waals surface area contributed by atoms with Gasteiger partial charge in [-0.25, -0.2) is 4.39 Å². The molecule has 1 unspecified atom stereocenters.